The summed E-state index contributed by atoms with van der Waals surface area (Å²) < 4.78 is 0. The molecular formula is C10H16N2. The summed E-state index contributed by atoms with van der Waals surface area (Å²) in [5, 5.41) is 3.43. The van der Waals surface area contributed by atoms with E-state index in [0.29, 0.717) is 12.0 Å². The van der Waals surface area contributed by atoms with Crippen LogP contribution in [0.15, 0.2) is 24.3 Å². The van der Waals surface area contributed by atoms with Crippen LogP contribution in [-0.2, 0) is 0 Å². The van der Waals surface area contributed by atoms with Crippen molar-refractivity contribution in [3.63, 3.8) is 0 Å². The molecular weight excluding hydrogens is 148 g/mol. The zero-order valence-corrected chi connectivity index (χ0v) is 7.53. The molecule has 0 aromatic carbocycles. The molecule has 2 aliphatic rings. The van der Waals surface area contributed by atoms with E-state index in [2.05, 4.69) is 41.6 Å². The summed E-state index contributed by atoms with van der Waals surface area (Å²) in [5.74, 6) is 0.628. The molecule has 2 nitrogen and oxygen atoms in total. The molecule has 1 unspecified atom stereocenters. The van der Waals surface area contributed by atoms with Gasteiger partial charge in [-0.25, -0.2) is 0 Å². The molecule has 2 rings (SSSR count). The van der Waals surface area contributed by atoms with Crippen molar-refractivity contribution in [3.8, 4) is 0 Å². The van der Waals surface area contributed by atoms with Gasteiger partial charge in [-0.05, 0) is 7.05 Å². The smallest absolute Gasteiger partial charge is 0.0315 e. The molecule has 1 saturated heterocycles. The van der Waals surface area contributed by atoms with E-state index in [0.717, 1.165) is 13.1 Å². The van der Waals surface area contributed by atoms with Crippen LogP contribution in [0.5, 0.6) is 0 Å². The van der Waals surface area contributed by atoms with Crippen molar-refractivity contribution in [3.05, 3.63) is 24.3 Å². The molecule has 0 radical (unpaired) electrons. The fourth-order valence-corrected chi connectivity index (χ4v) is 1.96. The average molecular weight is 164 g/mol. The molecule has 1 heterocycles. The highest BCUT2D eigenvalue weighted by atomic mass is 15.2. The van der Waals surface area contributed by atoms with Gasteiger partial charge in [0.1, 0.15) is 0 Å². The molecule has 0 saturated carbocycles. The first kappa shape index (κ1) is 8.02. The zero-order valence-electron chi connectivity index (χ0n) is 7.53. The van der Waals surface area contributed by atoms with Gasteiger partial charge < -0.3 is 5.32 Å². The second-order valence-corrected chi connectivity index (χ2v) is 3.60. The van der Waals surface area contributed by atoms with Crippen molar-refractivity contribution in [1.82, 2.24) is 10.2 Å². The van der Waals surface area contributed by atoms with E-state index < -0.39 is 0 Å². The number of rotatable bonds is 1. The normalized spacial score (nSPS) is 31.6. The largest absolute Gasteiger partial charge is 0.314 e. The van der Waals surface area contributed by atoms with Crippen LogP contribution in [0.25, 0.3) is 0 Å². The Bertz CT molecular complexity index is 196. The average Bonchev–Trinajstić information content (AvgIpc) is 2.57. The third-order valence-corrected chi connectivity index (χ3v) is 2.78. The van der Waals surface area contributed by atoms with Gasteiger partial charge in [0.15, 0.2) is 0 Å². The van der Waals surface area contributed by atoms with Gasteiger partial charge in [-0.1, -0.05) is 24.3 Å². The highest BCUT2D eigenvalue weighted by Crippen LogP contribution is 2.18. The number of likely N-dealkylation sites (N-methyl/N-ethyl adjacent to an activating group) is 1. The molecule has 66 valence electrons. The number of allylic oxidation sites excluding steroid dienone is 2. The van der Waals surface area contributed by atoms with Crippen LogP contribution in [0.1, 0.15) is 0 Å². The lowest BCUT2D eigenvalue weighted by molar-refractivity contribution is 0.178. The Balaban J connectivity index is 2.00. The van der Waals surface area contributed by atoms with Crippen LogP contribution < -0.4 is 5.32 Å². The fourth-order valence-electron chi connectivity index (χ4n) is 1.96. The maximum Gasteiger partial charge on any atom is 0.0315 e. The minimum absolute atomic E-state index is 0.628. The molecule has 1 N–H and O–H groups in total. The van der Waals surface area contributed by atoms with Crippen molar-refractivity contribution in [1.29, 1.82) is 0 Å². The van der Waals surface area contributed by atoms with Gasteiger partial charge in [-0.15, -0.1) is 0 Å². The lowest BCUT2D eigenvalue weighted by atomic mass is 9.99. The molecule has 0 spiro atoms. The minimum atomic E-state index is 0.628. The number of nitrogens with zero attached hydrogens (tertiary/aromatic N) is 1. The van der Waals surface area contributed by atoms with E-state index >= 15 is 0 Å². The SMILES string of the molecule is CN1CCNCC1C1C=CC=C1. The summed E-state index contributed by atoms with van der Waals surface area (Å²) in [7, 11) is 2.21. The second kappa shape index (κ2) is 3.42. The standard InChI is InChI=1S/C10H16N2/c1-12-7-6-11-8-10(12)9-4-2-3-5-9/h2-5,9-11H,6-8H2,1H3. The highest BCUT2D eigenvalue weighted by molar-refractivity contribution is 5.20. The Morgan fingerprint density at radius 1 is 1.33 bits per heavy atom. The first-order chi connectivity index (χ1) is 5.88. The number of hydrogen-bond donors (Lipinski definition) is 1. The monoisotopic (exact) mass is 164 g/mol. The van der Waals surface area contributed by atoms with Crippen LogP contribution in [0.3, 0.4) is 0 Å². The van der Waals surface area contributed by atoms with Crippen molar-refractivity contribution < 1.29 is 0 Å². The van der Waals surface area contributed by atoms with Gasteiger partial charge in [0.2, 0.25) is 0 Å². The van der Waals surface area contributed by atoms with E-state index in [1.165, 1.54) is 6.54 Å². The Labute approximate surface area is 73.9 Å². The van der Waals surface area contributed by atoms with Gasteiger partial charge in [0, 0.05) is 31.6 Å². The van der Waals surface area contributed by atoms with Crippen LogP contribution in [0.4, 0.5) is 0 Å². The van der Waals surface area contributed by atoms with Crippen LogP contribution in [-0.4, -0.2) is 37.6 Å². The third kappa shape index (κ3) is 1.45. The minimum Gasteiger partial charge on any atom is -0.314 e. The lowest BCUT2D eigenvalue weighted by Crippen LogP contribution is -2.51. The fraction of sp³-hybridized carbons (Fsp3) is 0.600. The Kier molecular flexibility index (Phi) is 2.28. The van der Waals surface area contributed by atoms with E-state index in [4.69, 9.17) is 0 Å². The van der Waals surface area contributed by atoms with Crippen molar-refractivity contribution >= 4 is 0 Å². The summed E-state index contributed by atoms with van der Waals surface area (Å²) in [6, 6.07) is 0.661. The lowest BCUT2D eigenvalue weighted by Gasteiger charge is -2.35. The summed E-state index contributed by atoms with van der Waals surface area (Å²) in [6.45, 7) is 3.42. The molecule has 1 fully saturated rings. The van der Waals surface area contributed by atoms with E-state index in [-0.39, 0.29) is 0 Å². The van der Waals surface area contributed by atoms with Crippen LogP contribution >= 0.6 is 0 Å². The van der Waals surface area contributed by atoms with Crippen molar-refractivity contribution in [2.45, 2.75) is 6.04 Å². The Morgan fingerprint density at radius 2 is 2.08 bits per heavy atom. The van der Waals surface area contributed by atoms with E-state index in [1.807, 2.05) is 0 Å². The van der Waals surface area contributed by atoms with Gasteiger partial charge >= 0.3 is 0 Å². The second-order valence-electron chi connectivity index (χ2n) is 3.60. The van der Waals surface area contributed by atoms with Gasteiger partial charge in [0.05, 0.1) is 0 Å². The maximum absolute atomic E-state index is 3.43. The summed E-state index contributed by atoms with van der Waals surface area (Å²) in [6.07, 6.45) is 8.86. The molecule has 12 heavy (non-hydrogen) atoms. The topological polar surface area (TPSA) is 15.3 Å². The summed E-state index contributed by atoms with van der Waals surface area (Å²) >= 11 is 0. The summed E-state index contributed by atoms with van der Waals surface area (Å²) in [5.41, 5.74) is 0. The van der Waals surface area contributed by atoms with Gasteiger partial charge in [0.25, 0.3) is 0 Å². The predicted octanol–water partition coefficient (Wildman–Crippen LogP) is 0.632. The van der Waals surface area contributed by atoms with Gasteiger partial charge in [-0.3, -0.25) is 4.90 Å². The van der Waals surface area contributed by atoms with Crippen LogP contribution in [0.2, 0.25) is 0 Å². The molecule has 2 heteroatoms. The molecule has 1 aliphatic carbocycles. The Morgan fingerprint density at radius 3 is 2.75 bits per heavy atom. The zero-order chi connectivity index (χ0) is 8.39. The maximum atomic E-state index is 3.43. The molecule has 0 bridgehead atoms. The Hall–Kier alpha value is -0.600. The third-order valence-electron chi connectivity index (χ3n) is 2.78. The quantitative estimate of drug-likeness (QED) is 0.611. The van der Waals surface area contributed by atoms with Crippen molar-refractivity contribution in [2.75, 3.05) is 26.7 Å². The molecule has 1 atom stereocenters. The summed E-state index contributed by atoms with van der Waals surface area (Å²) in [4.78, 5) is 2.45. The van der Waals surface area contributed by atoms with Crippen LogP contribution in [0, 0.1) is 5.92 Å². The number of piperazine rings is 1. The van der Waals surface area contributed by atoms with E-state index in [1.54, 1.807) is 0 Å². The molecule has 0 aromatic rings. The molecule has 1 aliphatic heterocycles. The first-order valence-electron chi connectivity index (χ1n) is 4.64. The first-order valence-corrected chi connectivity index (χ1v) is 4.64. The van der Waals surface area contributed by atoms with E-state index in [9.17, 15) is 0 Å². The number of hydrogen-bond acceptors (Lipinski definition) is 2. The number of nitrogens with one attached hydrogen (secondary N) is 1. The predicted molar refractivity (Wildman–Crippen MR) is 51.1 cm³/mol. The van der Waals surface area contributed by atoms with Crippen molar-refractivity contribution in [2.24, 2.45) is 5.92 Å². The highest BCUT2D eigenvalue weighted by Gasteiger charge is 2.24. The molecule has 0 aromatic heterocycles. The van der Waals surface area contributed by atoms with Gasteiger partial charge in [-0.2, -0.15) is 0 Å². The molecule has 0 amide bonds.